The third-order valence-electron chi connectivity index (χ3n) is 14.1. The van der Waals surface area contributed by atoms with E-state index in [1.807, 2.05) is 0 Å². The van der Waals surface area contributed by atoms with E-state index >= 15 is 0 Å². The van der Waals surface area contributed by atoms with E-state index in [1.54, 1.807) is 0 Å². The Morgan fingerprint density at radius 1 is 0.442 bits per heavy atom. The molecule has 12 heteroatoms. The Balaban J connectivity index is 2.67. The second-order valence-corrected chi connectivity index (χ2v) is 21.3. The zero-order valence-corrected chi connectivity index (χ0v) is 49.0. The van der Waals surface area contributed by atoms with Crippen LogP contribution in [0.1, 0.15) is 278 Å². The summed E-state index contributed by atoms with van der Waals surface area (Å²) in [6.45, 7) is 5.86. The first-order chi connectivity index (χ1) is 37.6. The minimum atomic E-state index is -1.91. The quantitative estimate of drug-likeness (QED) is 0.0228. The number of esters is 3. The van der Waals surface area contributed by atoms with Crippen molar-refractivity contribution >= 4 is 23.9 Å². The standard InChI is InChI=1S/C65H112O12/c1-4-7-10-13-16-19-22-25-27-28-29-30-32-35-38-41-44-47-50-53-59(68)76-63-61(70)60(69)62(64(71)72)77-65(63)74-55-56(75-58(67)52-49-46-43-40-37-33-24-21-18-15-12-9-6-3)54-73-57(66)51-48-45-42-39-36-34-31-26-23-20-17-14-11-8-5-2/h8,11,17,20,25-27,31,36,39,56,60-63,65,69-70H,4-7,9-10,12-16,18-19,21-24,28-30,32-35,37-38,40-55H2,1-3H3,(H,71,72)/b11-8-,20-17-,27-25-,31-26-,39-36-. The largest absolute Gasteiger partial charge is 0.479 e. The average molecular weight is 1090 g/mol. The van der Waals surface area contributed by atoms with Gasteiger partial charge in [0.15, 0.2) is 24.6 Å². The Morgan fingerprint density at radius 3 is 1.29 bits per heavy atom. The lowest BCUT2D eigenvalue weighted by Gasteiger charge is -2.40. The van der Waals surface area contributed by atoms with Crippen molar-refractivity contribution in [3.63, 3.8) is 0 Å². The second kappa shape index (κ2) is 53.1. The van der Waals surface area contributed by atoms with E-state index in [-0.39, 0.29) is 25.9 Å². The summed E-state index contributed by atoms with van der Waals surface area (Å²) in [5, 5.41) is 31.5. The molecule has 1 aliphatic heterocycles. The van der Waals surface area contributed by atoms with Gasteiger partial charge in [-0.2, -0.15) is 0 Å². The molecule has 444 valence electrons. The van der Waals surface area contributed by atoms with Crippen molar-refractivity contribution < 1.29 is 58.2 Å². The summed E-state index contributed by atoms with van der Waals surface area (Å²) in [5.41, 5.74) is 0. The Morgan fingerprint density at radius 2 is 0.818 bits per heavy atom. The van der Waals surface area contributed by atoms with Crippen LogP contribution < -0.4 is 0 Å². The molecule has 77 heavy (non-hydrogen) atoms. The molecule has 0 aromatic rings. The fourth-order valence-electron chi connectivity index (χ4n) is 9.30. The number of aliphatic carboxylic acids is 1. The number of hydrogen-bond donors (Lipinski definition) is 3. The van der Waals surface area contributed by atoms with Gasteiger partial charge in [-0.15, -0.1) is 0 Å². The molecule has 0 radical (unpaired) electrons. The monoisotopic (exact) mass is 1080 g/mol. The number of carbonyl (C=O) groups excluding carboxylic acids is 3. The lowest BCUT2D eigenvalue weighted by Crippen LogP contribution is -2.61. The molecule has 0 aromatic heterocycles. The van der Waals surface area contributed by atoms with Crippen LogP contribution in [-0.2, 0) is 42.9 Å². The third kappa shape index (κ3) is 43.0. The molecule has 0 aliphatic carbocycles. The van der Waals surface area contributed by atoms with Gasteiger partial charge in [0.2, 0.25) is 0 Å². The summed E-state index contributed by atoms with van der Waals surface area (Å²) in [4.78, 5) is 51.2. The van der Waals surface area contributed by atoms with Gasteiger partial charge in [-0.25, -0.2) is 4.79 Å². The molecule has 1 aliphatic rings. The molecule has 3 N–H and O–H groups in total. The topological polar surface area (TPSA) is 175 Å². The molecule has 6 atom stereocenters. The summed E-state index contributed by atoms with van der Waals surface area (Å²) in [6.07, 6.45) is 53.3. The minimum Gasteiger partial charge on any atom is -0.479 e. The van der Waals surface area contributed by atoms with E-state index < -0.39 is 67.3 Å². The molecule has 1 rings (SSSR count). The zero-order valence-electron chi connectivity index (χ0n) is 49.0. The van der Waals surface area contributed by atoms with Crippen LogP contribution in [0.25, 0.3) is 0 Å². The van der Waals surface area contributed by atoms with Gasteiger partial charge in [-0.05, 0) is 83.5 Å². The highest BCUT2D eigenvalue weighted by Gasteiger charge is 2.50. The summed E-state index contributed by atoms with van der Waals surface area (Å²) in [7, 11) is 0. The minimum absolute atomic E-state index is 0.0552. The van der Waals surface area contributed by atoms with Crippen molar-refractivity contribution in [3.05, 3.63) is 60.8 Å². The predicted octanol–water partition coefficient (Wildman–Crippen LogP) is 16.3. The number of carboxylic acids is 1. The molecule has 0 spiro atoms. The Bertz CT molecular complexity index is 1570. The number of unbranched alkanes of at least 4 members (excludes halogenated alkanes) is 29. The number of rotatable bonds is 53. The highest BCUT2D eigenvalue weighted by molar-refractivity contribution is 5.74. The third-order valence-corrected chi connectivity index (χ3v) is 14.1. The molecule has 1 heterocycles. The number of carbonyl (C=O) groups is 4. The summed E-state index contributed by atoms with van der Waals surface area (Å²) in [6, 6.07) is 0. The van der Waals surface area contributed by atoms with E-state index in [1.165, 1.54) is 128 Å². The number of carboxylic acid groups (broad SMARTS) is 1. The molecule has 0 saturated carbocycles. The maximum absolute atomic E-state index is 13.1. The summed E-state index contributed by atoms with van der Waals surface area (Å²) in [5.74, 6) is -3.16. The predicted molar refractivity (Wildman–Crippen MR) is 312 cm³/mol. The maximum atomic E-state index is 13.1. The van der Waals surface area contributed by atoms with Crippen LogP contribution >= 0.6 is 0 Å². The van der Waals surface area contributed by atoms with E-state index in [9.17, 15) is 34.5 Å². The smallest absolute Gasteiger partial charge is 0.335 e. The van der Waals surface area contributed by atoms with Crippen molar-refractivity contribution in [2.45, 2.75) is 314 Å². The van der Waals surface area contributed by atoms with Crippen LogP contribution in [0.5, 0.6) is 0 Å². The Kier molecular flexibility index (Phi) is 49.2. The van der Waals surface area contributed by atoms with Gasteiger partial charge in [0.1, 0.15) is 18.8 Å². The van der Waals surface area contributed by atoms with Crippen LogP contribution in [0, 0.1) is 0 Å². The SMILES string of the molecule is CC/C=C\C/C=C\C/C=C\C/C=C\CCCCC(=O)OCC(COC1OC(C(=O)O)C(O)C(O)C1OC(=O)CCCCCCCCCCC/C=C\CCCCCCCC)OC(=O)CCCCCCCCCCCCCCC. The lowest BCUT2D eigenvalue weighted by atomic mass is 9.98. The van der Waals surface area contributed by atoms with Gasteiger partial charge in [-0.3, -0.25) is 14.4 Å². The Labute approximate surface area is 468 Å². The molecule has 0 aromatic carbocycles. The fraction of sp³-hybridized carbons (Fsp3) is 0.785. The van der Waals surface area contributed by atoms with Crippen molar-refractivity contribution in [1.29, 1.82) is 0 Å². The molecule has 0 bridgehead atoms. The zero-order chi connectivity index (χ0) is 56.1. The number of ether oxygens (including phenoxy) is 5. The van der Waals surface area contributed by atoms with Crippen LogP contribution in [0.15, 0.2) is 60.8 Å². The maximum Gasteiger partial charge on any atom is 0.335 e. The van der Waals surface area contributed by atoms with Crippen LogP contribution in [0.4, 0.5) is 0 Å². The van der Waals surface area contributed by atoms with Crippen LogP contribution in [0.3, 0.4) is 0 Å². The van der Waals surface area contributed by atoms with Gasteiger partial charge in [0, 0.05) is 19.3 Å². The molecule has 1 saturated heterocycles. The van der Waals surface area contributed by atoms with Crippen molar-refractivity contribution in [1.82, 2.24) is 0 Å². The molecule has 6 unspecified atom stereocenters. The molecular weight excluding hydrogens is 973 g/mol. The van der Waals surface area contributed by atoms with Crippen molar-refractivity contribution in [2.75, 3.05) is 13.2 Å². The number of allylic oxidation sites excluding steroid dienone is 10. The van der Waals surface area contributed by atoms with Gasteiger partial charge < -0.3 is 39.0 Å². The van der Waals surface area contributed by atoms with Crippen LogP contribution in [0.2, 0.25) is 0 Å². The van der Waals surface area contributed by atoms with E-state index in [2.05, 4.69) is 81.5 Å². The van der Waals surface area contributed by atoms with Crippen molar-refractivity contribution in [2.24, 2.45) is 0 Å². The summed E-state index contributed by atoms with van der Waals surface area (Å²) < 4.78 is 28.4. The van der Waals surface area contributed by atoms with Gasteiger partial charge in [0.25, 0.3) is 0 Å². The highest BCUT2D eigenvalue weighted by atomic mass is 16.7. The number of hydrogen-bond acceptors (Lipinski definition) is 11. The van der Waals surface area contributed by atoms with E-state index in [0.29, 0.717) is 19.3 Å². The van der Waals surface area contributed by atoms with Gasteiger partial charge >= 0.3 is 23.9 Å². The summed E-state index contributed by atoms with van der Waals surface area (Å²) >= 11 is 0. The van der Waals surface area contributed by atoms with Crippen LogP contribution in [-0.4, -0.2) is 89.2 Å². The molecule has 1 fully saturated rings. The Hall–Kier alpha value is -3.58. The molecule has 0 amide bonds. The van der Waals surface area contributed by atoms with Gasteiger partial charge in [-0.1, -0.05) is 236 Å². The first-order valence-electron chi connectivity index (χ1n) is 31.3. The van der Waals surface area contributed by atoms with Crippen molar-refractivity contribution in [3.8, 4) is 0 Å². The average Bonchev–Trinajstić information content (AvgIpc) is 3.42. The van der Waals surface area contributed by atoms with Gasteiger partial charge in [0.05, 0.1) is 6.61 Å². The molecule has 12 nitrogen and oxygen atoms in total. The number of aliphatic hydroxyl groups excluding tert-OH is 2. The highest BCUT2D eigenvalue weighted by Crippen LogP contribution is 2.27. The normalized spacial score (nSPS) is 18.4. The number of aliphatic hydroxyl groups is 2. The second-order valence-electron chi connectivity index (χ2n) is 21.3. The van der Waals surface area contributed by atoms with E-state index in [0.717, 1.165) is 89.9 Å². The lowest BCUT2D eigenvalue weighted by molar-refractivity contribution is -0.301. The first kappa shape index (κ1) is 71.4. The first-order valence-corrected chi connectivity index (χ1v) is 31.3. The fourth-order valence-corrected chi connectivity index (χ4v) is 9.30. The molecular formula is C65H112O12. The van der Waals surface area contributed by atoms with E-state index in [4.69, 9.17) is 23.7 Å².